The number of amides is 1. The Balaban J connectivity index is 1.74. The van der Waals surface area contributed by atoms with Crippen molar-refractivity contribution < 1.29 is 13.2 Å². The molecule has 0 aliphatic carbocycles. The first-order valence-corrected chi connectivity index (χ1v) is 10.8. The van der Waals surface area contributed by atoms with Gasteiger partial charge < -0.3 is 10.2 Å². The molecule has 1 amide bonds. The number of nitrogens with zero attached hydrogens (tertiary/aromatic N) is 2. The number of hydrogen-bond acceptors (Lipinski definition) is 4. The summed E-state index contributed by atoms with van der Waals surface area (Å²) in [7, 11) is -1.40. The molecule has 6 nitrogen and oxygen atoms in total. The van der Waals surface area contributed by atoms with E-state index in [1.165, 1.54) is 10.6 Å². The van der Waals surface area contributed by atoms with Crippen LogP contribution in [-0.4, -0.2) is 47.3 Å². The molecule has 0 spiro atoms. The first kappa shape index (κ1) is 20.8. The Morgan fingerprint density at radius 2 is 1.48 bits per heavy atom. The van der Waals surface area contributed by atoms with Crippen molar-refractivity contribution in [3.8, 4) is 0 Å². The number of carbonyl (C=O) groups is 1. The summed E-state index contributed by atoms with van der Waals surface area (Å²) < 4.78 is 25.4. The SMILES string of the molecule is CN(CCNC(=O)CCCN(c1ccccc1)S(C)(=O)=O)c1ccccc1. The number of para-hydroxylation sites is 2. The molecule has 0 fully saturated rings. The number of rotatable bonds is 10. The average Bonchev–Trinajstić information content (AvgIpc) is 2.65. The number of sulfonamides is 1. The Morgan fingerprint density at radius 1 is 0.926 bits per heavy atom. The number of carbonyl (C=O) groups excluding carboxylic acids is 1. The number of likely N-dealkylation sites (N-methyl/N-ethyl adjacent to an activating group) is 1. The molecule has 0 saturated heterocycles. The summed E-state index contributed by atoms with van der Waals surface area (Å²) in [6.45, 7) is 1.52. The predicted octanol–water partition coefficient (Wildman–Crippen LogP) is 2.49. The van der Waals surface area contributed by atoms with Gasteiger partial charge in [-0.25, -0.2) is 8.42 Å². The molecule has 0 aliphatic rings. The largest absolute Gasteiger partial charge is 0.373 e. The molecule has 2 rings (SSSR count). The van der Waals surface area contributed by atoms with Gasteiger partial charge in [0.15, 0.2) is 0 Å². The van der Waals surface area contributed by atoms with Gasteiger partial charge in [-0.2, -0.15) is 0 Å². The molecule has 7 heteroatoms. The highest BCUT2D eigenvalue weighted by atomic mass is 32.2. The maximum absolute atomic E-state index is 12.0. The van der Waals surface area contributed by atoms with Gasteiger partial charge in [-0.05, 0) is 30.7 Å². The molecule has 0 saturated carbocycles. The Morgan fingerprint density at radius 3 is 2.04 bits per heavy atom. The van der Waals surface area contributed by atoms with E-state index in [0.29, 0.717) is 25.2 Å². The summed E-state index contributed by atoms with van der Waals surface area (Å²) in [5.74, 6) is -0.0713. The molecule has 0 unspecified atom stereocenters. The van der Waals surface area contributed by atoms with E-state index in [2.05, 4.69) is 10.2 Å². The lowest BCUT2D eigenvalue weighted by atomic mass is 10.2. The first-order chi connectivity index (χ1) is 12.9. The summed E-state index contributed by atoms with van der Waals surface area (Å²) in [5, 5.41) is 2.89. The lowest BCUT2D eigenvalue weighted by Gasteiger charge is -2.22. The van der Waals surface area contributed by atoms with Crippen molar-refractivity contribution in [1.82, 2.24) is 5.32 Å². The van der Waals surface area contributed by atoms with Gasteiger partial charge in [-0.15, -0.1) is 0 Å². The Kier molecular flexibility index (Phi) is 7.67. The van der Waals surface area contributed by atoms with Crippen LogP contribution in [0.3, 0.4) is 0 Å². The van der Waals surface area contributed by atoms with Crippen LogP contribution in [0.25, 0.3) is 0 Å². The van der Waals surface area contributed by atoms with Crippen LogP contribution in [0.2, 0.25) is 0 Å². The van der Waals surface area contributed by atoms with Crippen LogP contribution in [0.15, 0.2) is 60.7 Å². The van der Waals surface area contributed by atoms with Crippen LogP contribution in [-0.2, 0) is 14.8 Å². The van der Waals surface area contributed by atoms with Gasteiger partial charge in [-0.3, -0.25) is 9.10 Å². The van der Waals surface area contributed by atoms with E-state index < -0.39 is 10.0 Å². The lowest BCUT2D eigenvalue weighted by molar-refractivity contribution is -0.121. The molecule has 1 N–H and O–H groups in total. The fraction of sp³-hybridized carbons (Fsp3) is 0.350. The third-order valence-electron chi connectivity index (χ3n) is 4.18. The molecular formula is C20H27N3O3S. The van der Waals surface area contributed by atoms with Crippen molar-refractivity contribution in [1.29, 1.82) is 0 Å². The van der Waals surface area contributed by atoms with Crippen LogP contribution in [0.4, 0.5) is 11.4 Å². The van der Waals surface area contributed by atoms with Gasteiger partial charge in [-0.1, -0.05) is 36.4 Å². The second-order valence-corrected chi connectivity index (χ2v) is 8.29. The molecule has 2 aromatic carbocycles. The minimum atomic E-state index is -3.38. The zero-order valence-corrected chi connectivity index (χ0v) is 16.7. The second-order valence-electron chi connectivity index (χ2n) is 6.38. The van der Waals surface area contributed by atoms with E-state index in [0.717, 1.165) is 5.69 Å². The third-order valence-corrected chi connectivity index (χ3v) is 5.37. The van der Waals surface area contributed by atoms with E-state index in [1.54, 1.807) is 24.3 Å². The van der Waals surface area contributed by atoms with Crippen LogP contribution < -0.4 is 14.5 Å². The minimum absolute atomic E-state index is 0.0713. The molecule has 0 aliphatic heterocycles. The van der Waals surface area contributed by atoms with Crippen molar-refractivity contribution in [2.75, 3.05) is 42.1 Å². The molecule has 0 aromatic heterocycles. The smallest absolute Gasteiger partial charge is 0.232 e. The van der Waals surface area contributed by atoms with E-state index in [1.807, 2.05) is 43.4 Å². The van der Waals surface area contributed by atoms with E-state index in [-0.39, 0.29) is 18.9 Å². The van der Waals surface area contributed by atoms with Gasteiger partial charge in [0.05, 0.1) is 11.9 Å². The molecule has 0 bridgehead atoms. The summed E-state index contributed by atoms with van der Waals surface area (Å²) >= 11 is 0. The van der Waals surface area contributed by atoms with Gasteiger partial charge in [0.2, 0.25) is 15.9 Å². The highest BCUT2D eigenvalue weighted by Crippen LogP contribution is 2.17. The monoisotopic (exact) mass is 389 g/mol. The lowest BCUT2D eigenvalue weighted by Crippen LogP contribution is -2.34. The maximum Gasteiger partial charge on any atom is 0.232 e. The summed E-state index contributed by atoms with van der Waals surface area (Å²) in [6.07, 6.45) is 1.93. The minimum Gasteiger partial charge on any atom is -0.373 e. The van der Waals surface area contributed by atoms with E-state index in [4.69, 9.17) is 0 Å². The molecule has 27 heavy (non-hydrogen) atoms. The van der Waals surface area contributed by atoms with Crippen molar-refractivity contribution in [3.05, 3.63) is 60.7 Å². The molecule has 0 heterocycles. The van der Waals surface area contributed by atoms with E-state index in [9.17, 15) is 13.2 Å². The highest BCUT2D eigenvalue weighted by Gasteiger charge is 2.17. The maximum atomic E-state index is 12.0. The molecule has 0 atom stereocenters. The first-order valence-electron chi connectivity index (χ1n) is 8.93. The standard InChI is InChI=1S/C20H27N3O3S/c1-22(18-10-5-3-6-11-18)17-15-21-20(24)14-9-16-23(27(2,25)26)19-12-7-4-8-13-19/h3-8,10-13H,9,14-17H2,1-2H3,(H,21,24). The Labute approximate surface area is 161 Å². The number of hydrogen-bond donors (Lipinski definition) is 1. The predicted molar refractivity (Wildman–Crippen MR) is 111 cm³/mol. The van der Waals surface area contributed by atoms with Crippen molar-refractivity contribution in [3.63, 3.8) is 0 Å². The van der Waals surface area contributed by atoms with Gasteiger partial charge in [0, 0.05) is 38.8 Å². The van der Waals surface area contributed by atoms with Gasteiger partial charge in [0.1, 0.15) is 0 Å². The molecule has 146 valence electrons. The number of benzene rings is 2. The summed E-state index contributed by atoms with van der Waals surface area (Å²) in [5.41, 5.74) is 1.71. The van der Waals surface area contributed by atoms with Crippen molar-refractivity contribution >= 4 is 27.3 Å². The third kappa shape index (κ3) is 6.94. The Bertz CT molecular complexity index is 811. The van der Waals surface area contributed by atoms with Gasteiger partial charge >= 0.3 is 0 Å². The van der Waals surface area contributed by atoms with Gasteiger partial charge in [0.25, 0.3) is 0 Å². The fourth-order valence-corrected chi connectivity index (χ4v) is 3.69. The molecular weight excluding hydrogens is 362 g/mol. The van der Waals surface area contributed by atoms with Crippen LogP contribution >= 0.6 is 0 Å². The second kappa shape index (κ2) is 9.97. The van der Waals surface area contributed by atoms with Crippen LogP contribution in [0.1, 0.15) is 12.8 Å². The number of anilines is 2. The fourth-order valence-electron chi connectivity index (χ4n) is 2.73. The van der Waals surface area contributed by atoms with Crippen molar-refractivity contribution in [2.45, 2.75) is 12.8 Å². The average molecular weight is 390 g/mol. The topological polar surface area (TPSA) is 69.7 Å². The van der Waals surface area contributed by atoms with Crippen molar-refractivity contribution in [2.24, 2.45) is 0 Å². The quantitative estimate of drug-likeness (QED) is 0.678. The molecule has 0 radical (unpaired) electrons. The van der Waals surface area contributed by atoms with E-state index >= 15 is 0 Å². The zero-order chi connectivity index (χ0) is 19.7. The Hall–Kier alpha value is -2.54. The normalized spacial score (nSPS) is 11.0. The zero-order valence-electron chi connectivity index (χ0n) is 15.8. The van der Waals surface area contributed by atoms with Crippen LogP contribution in [0.5, 0.6) is 0 Å². The summed E-state index contributed by atoms with van der Waals surface area (Å²) in [4.78, 5) is 14.1. The number of nitrogens with one attached hydrogen (secondary N) is 1. The van der Waals surface area contributed by atoms with Crippen LogP contribution in [0, 0.1) is 0 Å². The summed E-state index contributed by atoms with van der Waals surface area (Å²) in [6, 6.07) is 18.9. The highest BCUT2D eigenvalue weighted by molar-refractivity contribution is 7.92. The molecule has 2 aromatic rings.